The summed E-state index contributed by atoms with van der Waals surface area (Å²) in [6.45, 7) is 3.46. The number of carbonyl (C=O) groups excluding carboxylic acids is 1. The largest absolute Gasteiger partial charge is 0.352 e. The average molecular weight is 266 g/mol. The van der Waals surface area contributed by atoms with Crippen LogP contribution in [0.1, 0.15) is 34.8 Å². The first-order chi connectivity index (χ1) is 9.74. The maximum Gasteiger partial charge on any atom is 0.161 e. The molecular weight excluding hydrogens is 248 g/mol. The third-order valence-corrected chi connectivity index (χ3v) is 3.83. The van der Waals surface area contributed by atoms with Crippen LogP contribution < -0.4 is 4.90 Å². The second-order valence-corrected chi connectivity index (χ2v) is 5.26. The Balaban J connectivity index is 1.85. The molecule has 0 unspecified atom stereocenters. The second-order valence-electron chi connectivity index (χ2n) is 5.26. The van der Waals surface area contributed by atoms with Gasteiger partial charge in [0.25, 0.3) is 0 Å². The summed E-state index contributed by atoms with van der Waals surface area (Å²) in [5.74, 6) is 1.01. The van der Waals surface area contributed by atoms with Gasteiger partial charge < -0.3 is 4.90 Å². The standard InChI is InChI=1S/C17H18N2O/c1-13(20)15-8-9-17(18-11-15)19-10-4-7-14-5-2-3-6-16(14)12-19/h2-3,5-6,8-9,11H,4,7,10,12H2,1H3. The first-order valence-corrected chi connectivity index (χ1v) is 7.03. The van der Waals surface area contributed by atoms with Crippen molar-refractivity contribution in [1.29, 1.82) is 0 Å². The average Bonchev–Trinajstić information content (AvgIpc) is 2.69. The summed E-state index contributed by atoms with van der Waals surface area (Å²) >= 11 is 0. The number of ketones is 1. The number of benzene rings is 1. The molecule has 1 aromatic carbocycles. The van der Waals surface area contributed by atoms with Gasteiger partial charge in [0.15, 0.2) is 5.78 Å². The predicted octanol–water partition coefficient (Wildman–Crippen LogP) is 3.24. The van der Waals surface area contributed by atoms with Crippen molar-refractivity contribution in [3.05, 3.63) is 59.3 Å². The van der Waals surface area contributed by atoms with Crippen molar-refractivity contribution in [3.63, 3.8) is 0 Å². The molecule has 0 aliphatic carbocycles. The summed E-state index contributed by atoms with van der Waals surface area (Å²) in [4.78, 5) is 18.0. The molecular formula is C17H18N2O. The highest BCUT2D eigenvalue weighted by Gasteiger charge is 2.15. The molecule has 2 heterocycles. The lowest BCUT2D eigenvalue weighted by Crippen LogP contribution is -2.23. The van der Waals surface area contributed by atoms with Gasteiger partial charge in [-0.05, 0) is 43.0 Å². The highest BCUT2D eigenvalue weighted by molar-refractivity contribution is 5.93. The normalized spacial score (nSPS) is 14.6. The number of fused-ring (bicyclic) bond motifs is 1. The Hall–Kier alpha value is -2.16. The van der Waals surface area contributed by atoms with Gasteiger partial charge in [-0.1, -0.05) is 24.3 Å². The van der Waals surface area contributed by atoms with Crippen LogP contribution in [0.2, 0.25) is 0 Å². The minimum atomic E-state index is 0.0604. The van der Waals surface area contributed by atoms with Crippen LogP contribution in [-0.4, -0.2) is 17.3 Å². The van der Waals surface area contributed by atoms with E-state index in [0.29, 0.717) is 5.56 Å². The fraction of sp³-hybridized carbons (Fsp3) is 0.294. The summed E-state index contributed by atoms with van der Waals surface area (Å²) in [6.07, 6.45) is 3.93. The zero-order valence-electron chi connectivity index (χ0n) is 11.7. The van der Waals surface area contributed by atoms with E-state index in [-0.39, 0.29) is 5.78 Å². The second kappa shape index (κ2) is 5.45. The van der Waals surface area contributed by atoms with Gasteiger partial charge in [-0.2, -0.15) is 0 Å². The summed E-state index contributed by atoms with van der Waals surface area (Å²) < 4.78 is 0. The molecule has 3 heteroatoms. The highest BCUT2D eigenvalue weighted by atomic mass is 16.1. The Labute approximate surface area is 119 Å². The fourth-order valence-corrected chi connectivity index (χ4v) is 2.68. The van der Waals surface area contributed by atoms with E-state index >= 15 is 0 Å². The number of nitrogens with zero attached hydrogens (tertiary/aromatic N) is 2. The minimum absolute atomic E-state index is 0.0604. The maximum atomic E-state index is 11.3. The van der Waals surface area contributed by atoms with Crippen molar-refractivity contribution in [3.8, 4) is 0 Å². The van der Waals surface area contributed by atoms with Gasteiger partial charge in [-0.15, -0.1) is 0 Å². The molecule has 0 amide bonds. The molecule has 3 nitrogen and oxygen atoms in total. The number of hydrogen-bond donors (Lipinski definition) is 0. The van der Waals surface area contributed by atoms with Crippen LogP contribution in [0, 0.1) is 0 Å². The highest BCUT2D eigenvalue weighted by Crippen LogP contribution is 2.22. The maximum absolute atomic E-state index is 11.3. The quantitative estimate of drug-likeness (QED) is 0.782. The number of rotatable bonds is 2. The van der Waals surface area contributed by atoms with Gasteiger partial charge in [-0.3, -0.25) is 4.79 Å². The Bertz CT molecular complexity index is 619. The number of carbonyl (C=O) groups is 1. The van der Waals surface area contributed by atoms with Crippen molar-refractivity contribution >= 4 is 11.6 Å². The molecule has 2 aromatic rings. The van der Waals surface area contributed by atoms with Crippen LogP contribution in [0.4, 0.5) is 5.82 Å². The summed E-state index contributed by atoms with van der Waals surface area (Å²) in [5, 5.41) is 0. The van der Waals surface area contributed by atoms with Crippen LogP contribution in [0.15, 0.2) is 42.6 Å². The van der Waals surface area contributed by atoms with Crippen LogP contribution in [-0.2, 0) is 13.0 Å². The van der Waals surface area contributed by atoms with Crippen molar-refractivity contribution in [1.82, 2.24) is 4.98 Å². The van der Waals surface area contributed by atoms with E-state index in [4.69, 9.17) is 0 Å². The van der Waals surface area contributed by atoms with E-state index in [9.17, 15) is 4.79 Å². The Morgan fingerprint density at radius 1 is 1.15 bits per heavy atom. The number of anilines is 1. The van der Waals surface area contributed by atoms with Crippen molar-refractivity contribution in [2.45, 2.75) is 26.3 Å². The van der Waals surface area contributed by atoms with Gasteiger partial charge >= 0.3 is 0 Å². The van der Waals surface area contributed by atoms with E-state index in [1.807, 2.05) is 12.1 Å². The van der Waals surface area contributed by atoms with Gasteiger partial charge in [0, 0.05) is 24.8 Å². The smallest absolute Gasteiger partial charge is 0.161 e. The van der Waals surface area contributed by atoms with Gasteiger partial charge in [0.05, 0.1) is 0 Å². The molecule has 102 valence electrons. The number of Topliss-reactive ketones (excluding diaryl/α,β-unsaturated/α-hetero) is 1. The molecule has 0 fully saturated rings. The first kappa shape index (κ1) is 12.9. The van der Waals surface area contributed by atoms with Crippen LogP contribution in [0.5, 0.6) is 0 Å². The van der Waals surface area contributed by atoms with Gasteiger partial charge in [0.2, 0.25) is 0 Å². The molecule has 0 saturated heterocycles. The lowest BCUT2D eigenvalue weighted by atomic mass is 10.0. The van der Waals surface area contributed by atoms with Gasteiger partial charge in [-0.25, -0.2) is 4.98 Å². The molecule has 0 saturated carbocycles. The van der Waals surface area contributed by atoms with Crippen LogP contribution in [0.25, 0.3) is 0 Å². The topological polar surface area (TPSA) is 33.2 Å². The van der Waals surface area contributed by atoms with E-state index in [1.165, 1.54) is 11.1 Å². The Kier molecular flexibility index (Phi) is 3.50. The van der Waals surface area contributed by atoms with E-state index in [1.54, 1.807) is 13.1 Å². The molecule has 3 rings (SSSR count). The first-order valence-electron chi connectivity index (χ1n) is 7.03. The number of aryl methyl sites for hydroxylation is 1. The van der Waals surface area contributed by atoms with Crippen LogP contribution in [0.3, 0.4) is 0 Å². The minimum Gasteiger partial charge on any atom is -0.352 e. The Morgan fingerprint density at radius 3 is 2.65 bits per heavy atom. The number of aromatic nitrogens is 1. The summed E-state index contributed by atoms with van der Waals surface area (Å²) in [7, 11) is 0. The van der Waals surface area contributed by atoms with Gasteiger partial charge in [0.1, 0.15) is 5.82 Å². The number of hydrogen-bond acceptors (Lipinski definition) is 3. The third-order valence-electron chi connectivity index (χ3n) is 3.83. The molecule has 0 atom stereocenters. The third kappa shape index (κ3) is 2.57. The molecule has 1 aliphatic heterocycles. The van der Waals surface area contributed by atoms with Crippen molar-refractivity contribution in [2.75, 3.05) is 11.4 Å². The number of pyridine rings is 1. The van der Waals surface area contributed by atoms with Crippen molar-refractivity contribution in [2.24, 2.45) is 0 Å². The van der Waals surface area contributed by atoms with E-state index < -0.39 is 0 Å². The van der Waals surface area contributed by atoms with E-state index in [0.717, 1.165) is 31.7 Å². The SMILES string of the molecule is CC(=O)c1ccc(N2CCCc3ccccc3C2)nc1. The summed E-state index contributed by atoms with van der Waals surface area (Å²) in [6, 6.07) is 12.4. The molecule has 0 spiro atoms. The van der Waals surface area contributed by atoms with Crippen LogP contribution >= 0.6 is 0 Å². The molecule has 20 heavy (non-hydrogen) atoms. The van der Waals surface area contributed by atoms with Crippen molar-refractivity contribution < 1.29 is 4.79 Å². The monoisotopic (exact) mass is 266 g/mol. The molecule has 0 N–H and O–H groups in total. The zero-order valence-corrected chi connectivity index (χ0v) is 11.7. The fourth-order valence-electron chi connectivity index (χ4n) is 2.68. The zero-order chi connectivity index (χ0) is 13.9. The molecule has 0 bridgehead atoms. The molecule has 0 radical (unpaired) electrons. The lowest BCUT2D eigenvalue weighted by Gasteiger charge is -2.22. The lowest BCUT2D eigenvalue weighted by molar-refractivity contribution is 0.101. The molecule has 1 aliphatic rings. The predicted molar refractivity (Wildman–Crippen MR) is 80.1 cm³/mol. The molecule has 1 aromatic heterocycles. The van der Waals surface area contributed by atoms with E-state index in [2.05, 4.69) is 34.1 Å². The summed E-state index contributed by atoms with van der Waals surface area (Å²) in [5.41, 5.74) is 3.49. The Morgan fingerprint density at radius 2 is 1.95 bits per heavy atom.